The number of hydrogen-bond acceptors (Lipinski definition) is 3. The van der Waals surface area contributed by atoms with Crippen LogP contribution in [0.4, 0.5) is 5.69 Å². The minimum absolute atomic E-state index is 0.0228. The molecule has 0 radical (unpaired) electrons. The molecule has 0 aliphatic rings. The van der Waals surface area contributed by atoms with Crippen molar-refractivity contribution in [3.05, 3.63) is 21.1 Å². The first-order chi connectivity index (χ1) is 8.97. The maximum atomic E-state index is 11.8. The normalized spacial score (nSPS) is 12.1. The van der Waals surface area contributed by atoms with Gasteiger partial charge in [-0.05, 0) is 56.8 Å². The monoisotopic (exact) mass is 392 g/mol. The molecule has 0 aromatic heterocycles. The zero-order chi connectivity index (χ0) is 14.4. The first-order valence-corrected chi connectivity index (χ1v) is 7.59. The van der Waals surface area contributed by atoms with E-state index in [0.717, 1.165) is 15.4 Å². The fraction of sp³-hybridized carbons (Fsp3) is 0.462. The Morgan fingerprint density at radius 3 is 2.68 bits per heavy atom. The number of halogens is 2. The Balaban J connectivity index is 2.68. The summed E-state index contributed by atoms with van der Waals surface area (Å²) in [6, 6.07) is 3.62. The van der Waals surface area contributed by atoms with Crippen LogP contribution < -0.4 is 15.8 Å². The van der Waals surface area contributed by atoms with E-state index in [0.29, 0.717) is 30.3 Å². The molecule has 1 aromatic carbocycles. The molecule has 3 N–H and O–H groups in total. The van der Waals surface area contributed by atoms with Crippen molar-refractivity contribution in [1.82, 2.24) is 0 Å². The van der Waals surface area contributed by atoms with E-state index in [9.17, 15) is 4.79 Å². The Kier molecular flexibility index (Phi) is 6.82. The molecular formula is C13H18Br2N2O2. The van der Waals surface area contributed by atoms with Crippen LogP contribution in [0.5, 0.6) is 5.75 Å². The molecule has 0 aliphatic heterocycles. The van der Waals surface area contributed by atoms with Gasteiger partial charge in [-0.2, -0.15) is 0 Å². The SMILES string of the molecule is COc1cc(NC(=O)CCC(C)CN)c(Br)cc1Br. The summed E-state index contributed by atoms with van der Waals surface area (Å²) in [5.74, 6) is 1.01. The summed E-state index contributed by atoms with van der Waals surface area (Å²) < 4.78 is 6.84. The molecule has 1 amide bonds. The Labute approximate surface area is 130 Å². The lowest BCUT2D eigenvalue weighted by Crippen LogP contribution is -2.16. The highest BCUT2D eigenvalue weighted by Gasteiger charge is 2.11. The molecule has 1 rings (SSSR count). The summed E-state index contributed by atoms with van der Waals surface area (Å²) in [6.45, 7) is 2.63. The number of nitrogens with one attached hydrogen (secondary N) is 1. The van der Waals surface area contributed by atoms with Crippen LogP contribution in [0.2, 0.25) is 0 Å². The van der Waals surface area contributed by atoms with Gasteiger partial charge in [0.05, 0.1) is 17.3 Å². The van der Waals surface area contributed by atoms with Gasteiger partial charge in [0.2, 0.25) is 5.91 Å². The summed E-state index contributed by atoms with van der Waals surface area (Å²) in [7, 11) is 1.59. The molecule has 1 aromatic rings. The topological polar surface area (TPSA) is 64.3 Å². The Morgan fingerprint density at radius 2 is 2.11 bits per heavy atom. The van der Waals surface area contributed by atoms with Gasteiger partial charge in [-0.15, -0.1) is 0 Å². The third kappa shape index (κ3) is 5.12. The molecule has 0 spiro atoms. The second-order valence-corrected chi connectivity index (χ2v) is 6.10. The van der Waals surface area contributed by atoms with Crippen molar-refractivity contribution in [3.63, 3.8) is 0 Å². The maximum Gasteiger partial charge on any atom is 0.224 e. The van der Waals surface area contributed by atoms with Crippen LogP contribution in [-0.4, -0.2) is 19.6 Å². The van der Waals surface area contributed by atoms with Gasteiger partial charge in [0.25, 0.3) is 0 Å². The van der Waals surface area contributed by atoms with Crippen molar-refractivity contribution in [2.24, 2.45) is 11.7 Å². The van der Waals surface area contributed by atoms with Gasteiger partial charge in [-0.3, -0.25) is 4.79 Å². The number of carbonyl (C=O) groups is 1. The fourth-order valence-electron chi connectivity index (χ4n) is 1.49. The van der Waals surface area contributed by atoms with Crippen LogP contribution >= 0.6 is 31.9 Å². The average molecular weight is 394 g/mol. The summed E-state index contributed by atoms with van der Waals surface area (Å²) in [5, 5.41) is 2.86. The third-order valence-corrected chi connectivity index (χ3v) is 4.06. The molecule has 0 saturated carbocycles. The molecule has 4 nitrogen and oxygen atoms in total. The molecular weight excluding hydrogens is 376 g/mol. The lowest BCUT2D eigenvalue weighted by Gasteiger charge is -2.12. The minimum Gasteiger partial charge on any atom is -0.495 e. The first-order valence-electron chi connectivity index (χ1n) is 6.00. The Hall–Kier alpha value is -0.590. The molecule has 6 heteroatoms. The number of anilines is 1. The number of amides is 1. The molecule has 1 unspecified atom stereocenters. The predicted octanol–water partition coefficient (Wildman–Crippen LogP) is 3.53. The number of methoxy groups -OCH3 is 1. The van der Waals surface area contributed by atoms with Gasteiger partial charge in [-0.25, -0.2) is 0 Å². The van der Waals surface area contributed by atoms with Crippen molar-refractivity contribution in [1.29, 1.82) is 0 Å². The van der Waals surface area contributed by atoms with E-state index >= 15 is 0 Å². The summed E-state index contributed by atoms with van der Waals surface area (Å²) in [5.41, 5.74) is 6.23. The number of nitrogens with two attached hydrogens (primary N) is 1. The van der Waals surface area contributed by atoms with Crippen molar-refractivity contribution in [3.8, 4) is 5.75 Å². The van der Waals surface area contributed by atoms with Gasteiger partial charge in [0, 0.05) is 17.0 Å². The van der Waals surface area contributed by atoms with Gasteiger partial charge >= 0.3 is 0 Å². The van der Waals surface area contributed by atoms with E-state index in [1.807, 2.05) is 13.0 Å². The number of rotatable bonds is 6. The largest absolute Gasteiger partial charge is 0.495 e. The molecule has 0 saturated heterocycles. The van der Waals surface area contributed by atoms with Crippen molar-refractivity contribution in [2.75, 3.05) is 19.0 Å². The second-order valence-electron chi connectivity index (χ2n) is 4.39. The van der Waals surface area contributed by atoms with Crippen LogP contribution in [-0.2, 0) is 4.79 Å². The molecule has 1 atom stereocenters. The fourth-order valence-corrected chi connectivity index (χ4v) is 2.74. The average Bonchev–Trinajstić information content (AvgIpc) is 2.39. The molecule has 106 valence electrons. The van der Waals surface area contributed by atoms with Crippen LogP contribution in [0.15, 0.2) is 21.1 Å². The van der Waals surface area contributed by atoms with Crippen LogP contribution in [0.25, 0.3) is 0 Å². The lowest BCUT2D eigenvalue weighted by atomic mass is 10.1. The Morgan fingerprint density at radius 1 is 1.42 bits per heavy atom. The molecule has 19 heavy (non-hydrogen) atoms. The van der Waals surface area contributed by atoms with Gasteiger partial charge in [0.15, 0.2) is 0 Å². The van der Waals surface area contributed by atoms with E-state index < -0.39 is 0 Å². The standard InChI is InChI=1S/C13H18Br2N2O2/c1-8(7-16)3-4-13(18)17-11-6-12(19-2)10(15)5-9(11)14/h5-6,8H,3-4,7,16H2,1-2H3,(H,17,18). The van der Waals surface area contributed by atoms with E-state index in [2.05, 4.69) is 37.2 Å². The lowest BCUT2D eigenvalue weighted by molar-refractivity contribution is -0.116. The van der Waals surface area contributed by atoms with Crippen molar-refractivity contribution in [2.45, 2.75) is 19.8 Å². The summed E-state index contributed by atoms with van der Waals surface area (Å²) in [6.07, 6.45) is 1.25. The van der Waals surface area contributed by atoms with Gasteiger partial charge in [-0.1, -0.05) is 6.92 Å². The maximum absolute atomic E-state index is 11.8. The highest BCUT2D eigenvalue weighted by atomic mass is 79.9. The minimum atomic E-state index is -0.0228. The summed E-state index contributed by atoms with van der Waals surface area (Å²) in [4.78, 5) is 11.8. The van der Waals surface area contributed by atoms with Gasteiger partial charge in [0.1, 0.15) is 5.75 Å². The van der Waals surface area contributed by atoms with Crippen molar-refractivity contribution < 1.29 is 9.53 Å². The zero-order valence-electron chi connectivity index (χ0n) is 11.0. The van der Waals surface area contributed by atoms with Crippen LogP contribution in [0.3, 0.4) is 0 Å². The molecule has 0 bridgehead atoms. The first kappa shape index (κ1) is 16.5. The van der Waals surface area contributed by atoms with E-state index in [4.69, 9.17) is 10.5 Å². The van der Waals surface area contributed by atoms with Crippen LogP contribution in [0.1, 0.15) is 19.8 Å². The Bertz CT molecular complexity index is 453. The highest BCUT2D eigenvalue weighted by Crippen LogP contribution is 2.34. The zero-order valence-corrected chi connectivity index (χ0v) is 14.2. The smallest absolute Gasteiger partial charge is 0.224 e. The number of benzene rings is 1. The molecule has 0 aliphatic carbocycles. The van der Waals surface area contributed by atoms with E-state index in [1.54, 1.807) is 13.2 Å². The molecule has 0 heterocycles. The number of carbonyl (C=O) groups excluding carboxylic acids is 1. The predicted molar refractivity (Wildman–Crippen MR) is 84.5 cm³/mol. The molecule has 0 fully saturated rings. The van der Waals surface area contributed by atoms with Gasteiger partial charge < -0.3 is 15.8 Å². The van der Waals surface area contributed by atoms with Crippen LogP contribution in [0, 0.1) is 5.92 Å². The third-order valence-electron chi connectivity index (χ3n) is 2.78. The second kappa shape index (κ2) is 7.87. The number of ether oxygens (including phenoxy) is 1. The van der Waals surface area contributed by atoms with Crippen molar-refractivity contribution >= 4 is 43.5 Å². The van der Waals surface area contributed by atoms with E-state index in [1.165, 1.54) is 0 Å². The quantitative estimate of drug-likeness (QED) is 0.776. The highest BCUT2D eigenvalue weighted by molar-refractivity contribution is 9.11. The van der Waals surface area contributed by atoms with E-state index in [-0.39, 0.29) is 5.91 Å². The summed E-state index contributed by atoms with van der Waals surface area (Å²) >= 11 is 6.80. The number of hydrogen-bond donors (Lipinski definition) is 2.